The van der Waals surface area contributed by atoms with Gasteiger partial charge in [0.1, 0.15) is 0 Å². The van der Waals surface area contributed by atoms with Crippen LogP contribution in [0.15, 0.2) is 22.8 Å². The number of furan rings is 1. The third-order valence-electron chi connectivity index (χ3n) is 5.64. The fourth-order valence-corrected chi connectivity index (χ4v) is 4.21. The minimum Gasteiger partial charge on any atom is -0.466 e. The summed E-state index contributed by atoms with van der Waals surface area (Å²) in [5.74, 6) is 0.265. The number of rotatable bonds is 4. The lowest BCUT2D eigenvalue weighted by atomic mass is 9.75. The predicted molar refractivity (Wildman–Crippen MR) is 93.1 cm³/mol. The lowest BCUT2D eigenvalue weighted by Gasteiger charge is -2.31. The number of fused-ring (bicyclic) bond motifs is 1. The highest BCUT2D eigenvalue weighted by Gasteiger charge is 2.54. The number of hydrogen-bond acceptors (Lipinski definition) is 5. The zero-order chi connectivity index (χ0) is 18.0. The van der Waals surface area contributed by atoms with Crippen molar-refractivity contribution in [3.05, 3.63) is 24.2 Å². The highest BCUT2D eigenvalue weighted by molar-refractivity contribution is 5.91. The molecule has 0 N–H and O–H groups in total. The number of carbonyl (C=O) groups excluding carboxylic acids is 2. The number of ether oxygens (including phenoxy) is 1. The monoisotopic (exact) mass is 348 g/mol. The lowest BCUT2D eigenvalue weighted by Crippen LogP contribution is -2.43. The SMILES string of the molecule is CCOC(=O)[C@@]12CCCN(C(=O)c3ccco3)C[C@@H]1CN(C(C)C)C2. The molecule has 0 aromatic carbocycles. The Morgan fingerprint density at radius 2 is 2.20 bits per heavy atom. The Kier molecular flexibility index (Phi) is 5.18. The molecule has 0 unspecified atom stereocenters. The standard InChI is InChI=1S/C19H28N2O4/c1-4-24-18(23)19-8-6-9-20(17(22)16-7-5-10-25-16)11-15(19)12-21(13-19)14(2)3/h5,7,10,14-15H,4,6,8-9,11-13H2,1-3H3/t15-,19-/m1/s1. The van der Waals surface area contributed by atoms with E-state index in [-0.39, 0.29) is 17.8 Å². The number of nitrogens with zero attached hydrogens (tertiary/aromatic N) is 2. The van der Waals surface area contributed by atoms with Crippen molar-refractivity contribution < 1.29 is 18.7 Å². The van der Waals surface area contributed by atoms with Crippen molar-refractivity contribution in [1.29, 1.82) is 0 Å². The van der Waals surface area contributed by atoms with E-state index >= 15 is 0 Å². The Bertz CT molecular complexity index is 613. The first-order valence-electron chi connectivity index (χ1n) is 9.22. The molecule has 1 aromatic rings. The molecule has 2 fully saturated rings. The molecule has 2 saturated heterocycles. The third-order valence-corrected chi connectivity index (χ3v) is 5.64. The first-order valence-corrected chi connectivity index (χ1v) is 9.22. The van der Waals surface area contributed by atoms with Gasteiger partial charge in [0.15, 0.2) is 5.76 Å². The van der Waals surface area contributed by atoms with Gasteiger partial charge >= 0.3 is 5.97 Å². The highest BCUT2D eigenvalue weighted by Crippen LogP contribution is 2.44. The topological polar surface area (TPSA) is 63.0 Å². The molecule has 3 rings (SSSR count). The Labute approximate surface area is 149 Å². The van der Waals surface area contributed by atoms with Crippen LogP contribution in [0, 0.1) is 11.3 Å². The molecule has 138 valence electrons. The third kappa shape index (κ3) is 3.32. The number of carbonyl (C=O) groups is 2. The number of hydrogen-bond donors (Lipinski definition) is 0. The normalized spacial score (nSPS) is 27.2. The van der Waals surface area contributed by atoms with Crippen molar-refractivity contribution in [2.75, 3.05) is 32.8 Å². The number of likely N-dealkylation sites (tertiary alicyclic amines) is 2. The van der Waals surface area contributed by atoms with Gasteiger partial charge in [0.2, 0.25) is 0 Å². The minimum atomic E-state index is -0.502. The molecule has 2 aliphatic heterocycles. The van der Waals surface area contributed by atoms with Crippen molar-refractivity contribution in [2.24, 2.45) is 11.3 Å². The van der Waals surface area contributed by atoms with E-state index in [1.54, 1.807) is 12.1 Å². The van der Waals surface area contributed by atoms with Gasteiger partial charge in [0.25, 0.3) is 5.91 Å². The van der Waals surface area contributed by atoms with E-state index in [0.717, 1.165) is 25.9 Å². The highest BCUT2D eigenvalue weighted by atomic mass is 16.5. The first kappa shape index (κ1) is 18.0. The Morgan fingerprint density at radius 1 is 1.40 bits per heavy atom. The molecule has 6 nitrogen and oxygen atoms in total. The van der Waals surface area contributed by atoms with E-state index in [9.17, 15) is 9.59 Å². The van der Waals surface area contributed by atoms with Gasteiger partial charge in [-0.3, -0.25) is 14.5 Å². The first-order chi connectivity index (χ1) is 12.0. The van der Waals surface area contributed by atoms with Crippen molar-refractivity contribution >= 4 is 11.9 Å². The molecule has 0 spiro atoms. The number of amides is 1. The summed E-state index contributed by atoms with van der Waals surface area (Å²) >= 11 is 0. The second-order valence-corrected chi connectivity index (χ2v) is 7.43. The summed E-state index contributed by atoms with van der Waals surface area (Å²) < 4.78 is 10.7. The summed E-state index contributed by atoms with van der Waals surface area (Å²) in [6.07, 6.45) is 3.08. The molecule has 1 aromatic heterocycles. The van der Waals surface area contributed by atoms with Gasteiger partial charge in [-0.05, 0) is 45.7 Å². The molecule has 3 heterocycles. The number of esters is 1. The largest absolute Gasteiger partial charge is 0.466 e. The second kappa shape index (κ2) is 7.20. The molecule has 0 radical (unpaired) electrons. The van der Waals surface area contributed by atoms with Crippen LogP contribution in [0.25, 0.3) is 0 Å². The molecule has 1 amide bonds. The van der Waals surface area contributed by atoms with Crippen LogP contribution < -0.4 is 0 Å². The molecule has 0 bridgehead atoms. The van der Waals surface area contributed by atoms with Crippen molar-refractivity contribution in [3.8, 4) is 0 Å². The van der Waals surface area contributed by atoms with Gasteiger partial charge in [-0.1, -0.05) is 0 Å². The maximum absolute atomic E-state index is 12.9. The van der Waals surface area contributed by atoms with Crippen LogP contribution in [0.2, 0.25) is 0 Å². The van der Waals surface area contributed by atoms with Crippen molar-refractivity contribution in [2.45, 2.75) is 39.7 Å². The average Bonchev–Trinajstić information content (AvgIpc) is 3.19. The summed E-state index contributed by atoms with van der Waals surface area (Å²) in [7, 11) is 0. The Morgan fingerprint density at radius 3 is 2.84 bits per heavy atom. The molecule has 6 heteroatoms. The molecule has 2 atom stereocenters. The van der Waals surface area contributed by atoms with Crippen LogP contribution in [0.4, 0.5) is 0 Å². The molecular weight excluding hydrogens is 320 g/mol. The maximum Gasteiger partial charge on any atom is 0.313 e. The van der Waals surface area contributed by atoms with Crippen LogP contribution in [0.3, 0.4) is 0 Å². The van der Waals surface area contributed by atoms with Crippen LogP contribution in [0.5, 0.6) is 0 Å². The fraction of sp³-hybridized carbons (Fsp3) is 0.684. The van der Waals surface area contributed by atoms with Gasteiger partial charge in [0.05, 0.1) is 18.3 Å². The van der Waals surface area contributed by atoms with Gasteiger partial charge in [-0.15, -0.1) is 0 Å². The van der Waals surface area contributed by atoms with E-state index in [2.05, 4.69) is 18.7 Å². The van der Waals surface area contributed by atoms with E-state index in [1.165, 1.54) is 6.26 Å². The summed E-state index contributed by atoms with van der Waals surface area (Å²) in [6, 6.07) is 3.79. The quantitative estimate of drug-likeness (QED) is 0.782. The van der Waals surface area contributed by atoms with Gasteiger partial charge < -0.3 is 14.1 Å². The summed E-state index contributed by atoms with van der Waals surface area (Å²) in [6.45, 7) is 9.30. The molecule has 25 heavy (non-hydrogen) atoms. The lowest BCUT2D eigenvalue weighted by molar-refractivity contribution is -0.157. The zero-order valence-electron chi connectivity index (χ0n) is 15.4. The molecule has 0 aliphatic carbocycles. The average molecular weight is 348 g/mol. The smallest absolute Gasteiger partial charge is 0.313 e. The van der Waals surface area contributed by atoms with E-state index < -0.39 is 5.41 Å². The van der Waals surface area contributed by atoms with Crippen molar-refractivity contribution in [1.82, 2.24) is 9.80 Å². The molecule has 2 aliphatic rings. The van der Waals surface area contributed by atoms with E-state index in [0.29, 0.717) is 31.5 Å². The van der Waals surface area contributed by atoms with Crippen LogP contribution in [-0.2, 0) is 9.53 Å². The van der Waals surface area contributed by atoms with Crippen LogP contribution in [0.1, 0.15) is 44.2 Å². The van der Waals surface area contributed by atoms with Gasteiger partial charge in [0, 0.05) is 38.1 Å². The summed E-state index contributed by atoms with van der Waals surface area (Å²) in [5, 5.41) is 0. The molecule has 0 saturated carbocycles. The summed E-state index contributed by atoms with van der Waals surface area (Å²) in [5.41, 5.74) is -0.502. The van der Waals surface area contributed by atoms with E-state index in [1.807, 2.05) is 11.8 Å². The predicted octanol–water partition coefficient (Wildman–Crippen LogP) is 2.41. The van der Waals surface area contributed by atoms with E-state index in [4.69, 9.17) is 9.15 Å². The minimum absolute atomic E-state index is 0.0901. The summed E-state index contributed by atoms with van der Waals surface area (Å²) in [4.78, 5) is 29.8. The van der Waals surface area contributed by atoms with Crippen LogP contribution >= 0.6 is 0 Å². The van der Waals surface area contributed by atoms with Gasteiger partial charge in [-0.2, -0.15) is 0 Å². The second-order valence-electron chi connectivity index (χ2n) is 7.43. The van der Waals surface area contributed by atoms with Gasteiger partial charge in [-0.25, -0.2) is 0 Å². The fourth-order valence-electron chi connectivity index (χ4n) is 4.21. The Balaban J connectivity index is 1.85. The van der Waals surface area contributed by atoms with Crippen molar-refractivity contribution in [3.63, 3.8) is 0 Å². The molecular formula is C19H28N2O4. The van der Waals surface area contributed by atoms with Crippen LogP contribution in [-0.4, -0.2) is 60.5 Å². The maximum atomic E-state index is 12.9. The zero-order valence-corrected chi connectivity index (χ0v) is 15.4. The Hall–Kier alpha value is -1.82.